The Hall–Kier alpha value is -2.92. The zero-order valence-electron chi connectivity index (χ0n) is 15.3. The molecule has 0 radical (unpaired) electrons. The molecule has 1 heterocycles. The molecule has 0 saturated carbocycles. The number of amides is 1. The number of hydrogen-bond donors (Lipinski definition) is 1. The van der Waals surface area contributed by atoms with Crippen molar-refractivity contribution in [2.24, 2.45) is 0 Å². The molecule has 0 spiro atoms. The second kappa shape index (κ2) is 8.64. The van der Waals surface area contributed by atoms with E-state index in [-0.39, 0.29) is 17.8 Å². The van der Waals surface area contributed by atoms with E-state index in [2.05, 4.69) is 5.32 Å². The van der Waals surface area contributed by atoms with Gasteiger partial charge in [0.15, 0.2) is 0 Å². The molecular formula is C22H21NO3S. The van der Waals surface area contributed by atoms with Gasteiger partial charge < -0.3 is 10.1 Å². The largest absolute Gasteiger partial charge is 0.491 e. The molecule has 0 aliphatic heterocycles. The Bertz CT molecular complexity index is 914. The Morgan fingerprint density at radius 2 is 1.63 bits per heavy atom. The second-order valence-electron chi connectivity index (χ2n) is 6.33. The number of ketones is 1. The average Bonchev–Trinajstić information content (AvgIpc) is 3.15. The van der Waals surface area contributed by atoms with Crippen LogP contribution in [0.25, 0.3) is 0 Å². The first-order valence-electron chi connectivity index (χ1n) is 8.76. The quantitative estimate of drug-likeness (QED) is 0.606. The maximum absolute atomic E-state index is 12.4. The number of thiophene rings is 1. The molecule has 3 aromatic rings. The van der Waals surface area contributed by atoms with Crippen molar-refractivity contribution >= 4 is 23.0 Å². The number of carbonyl (C=O) groups excluding carboxylic acids is 2. The predicted octanol–water partition coefficient (Wildman–Crippen LogP) is 4.70. The van der Waals surface area contributed by atoms with Crippen molar-refractivity contribution < 1.29 is 14.3 Å². The molecule has 0 atom stereocenters. The van der Waals surface area contributed by atoms with Crippen molar-refractivity contribution in [3.63, 3.8) is 0 Å². The predicted molar refractivity (Wildman–Crippen MR) is 108 cm³/mol. The zero-order chi connectivity index (χ0) is 19.2. The normalized spacial score (nSPS) is 10.6. The molecule has 1 aromatic heterocycles. The second-order valence-corrected chi connectivity index (χ2v) is 7.50. The average molecular weight is 379 g/mol. The fraction of sp³-hybridized carbons (Fsp3) is 0.182. The lowest BCUT2D eigenvalue weighted by atomic mass is 10.1. The fourth-order valence-electron chi connectivity index (χ4n) is 2.55. The van der Waals surface area contributed by atoms with Crippen molar-refractivity contribution in [3.8, 4) is 5.75 Å². The minimum atomic E-state index is -0.157. The van der Waals surface area contributed by atoms with Crippen LogP contribution in [-0.2, 0) is 6.54 Å². The maximum Gasteiger partial charge on any atom is 0.251 e. The van der Waals surface area contributed by atoms with E-state index in [1.54, 1.807) is 42.5 Å². The smallest absolute Gasteiger partial charge is 0.251 e. The lowest BCUT2D eigenvalue weighted by molar-refractivity contribution is 0.0950. The Balaban J connectivity index is 1.58. The molecule has 2 aromatic carbocycles. The van der Waals surface area contributed by atoms with Crippen molar-refractivity contribution in [1.82, 2.24) is 5.32 Å². The molecule has 0 saturated heterocycles. The highest BCUT2D eigenvalue weighted by atomic mass is 32.1. The third-order valence-electron chi connectivity index (χ3n) is 3.83. The lowest BCUT2D eigenvalue weighted by Crippen LogP contribution is -2.22. The summed E-state index contributed by atoms with van der Waals surface area (Å²) in [4.78, 5) is 26.3. The van der Waals surface area contributed by atoms with Gasteiger partial charge >= 0.3 is 0 Å². The van der Waals surface area contributed by atoms with Crippen LogP contribution in [0.1, 0.15) is 44.3 Å². The van der Waals surface area contributed by atoms with E-state index in [0.29, 0.717) is 22.5 Å². The Morgan fingerprint density at radius 1 is 0.926 bits per heavy atom. The van der Waals surface area contributed by atoms with Gasteiger partial charge in [0, 0.05) is 16.0 Å². The number of carbonyl (C=O) groups is 2. The van der Waals surface area contributed by atoms with Gasteiger partial charge in [0.25, 0.3) is 5.91 Å². The summed E-state index contributed by atoms with van der Waals surface area (Å²) in [6, 6.07) is 19.9. The Labute approximate surface area is 162 Å². The van der Waals surface area contributed by atoms with E-state index in [0.717, 1.165) is 10.6 Å². The van der Waals surface area contributed by atoms with Crippen LogP contribution < -0.4 is 10.1 Å². The first-order valence-corrected chi connectivity index (χ1v) is 9.58. The molecule has 3 rings (SSSR count). The van der Waals surface area contributed by atoms with Gasteiger partial charge in [-0.2, -0.15) is 0 Å². The summed E-state index contributed by atoms with van der Waals surface area (Å²) in [5, 5.41) is 2.89. The molecule has 0 fully saturated rings. The molecule has 5 heteroatoms. The van der Waals surface area contributed by atoms with E-state index in [4.69, 9.17) is 4.74 Å². The summed E-state index contributed by atoms with van der Waals surface area (Å²) in [5.74, 6) is 0.582. The van der Waals surface area contributed by atoms with Crippen LogP contribution in [0.3, 0.4) is 0 Å². The molecule has 0 aliphatic carbocycles. The molecule has 138 valence electrons. The molecular weight excluding hydrogens is 358 g/mol. The topological polar surface area (TPSA) is 55.4 Å². The van der Waals surface area contributed by atoms with Crippen molar-refractivity contribution in [2.45, 2.75) is 26.5 Å². The Kier molecular flexibility index (Phi) is 6.04. The van der Waals surface area contributed by atoms with Crippen LogP contribution in [0.15, 0.2) is 66.7 Å². The molecule has 27 heavy (non-hydrogen) atoms. The van der Waals surface area contributed by atoms with E-state index in [1.165, 1.54) is 11.3 Å². The summed E-state index contributed by atoms with van der Waals surface area (Å²) in [5.41, 5.74) is 1.24. The van der Waals surface area contributed by atoms with Crippen LogP contribution in [0.4, 0.5) is 0 Å². The number of hydrogen-bond acceptors (Lipinski definition) is 4. The fourth-order valence-corrected chi connectivity index (χ4v) is 3.46. The first-order chi connectivity index (χ1) is 13.0. The highest BCUT2D eigenvalue weighted by molar-refractivity contribution is 7.14. The van der Waals surface area contributed by atoms with Gasteiger partial charge in [-0.05, 0) is 50.2 Å². The first kappa shape index (κ1) is 18.9. The summed E-state index contributed by atoms with van der Waals surface area (Å²) in [7, 11) is 0. The van der Waals surface area contributed by atoms with Crippen molar-refractivity contribution in [3.05, 3.63) is 87.6 Å². The molecule has 0 unspecified atom stereocenters. The SMILES string of the molecule is CC(C)Oc1ccc(C(=O)NCc2ccc(C(=O)c3ccccc3)s2)cc1. The van der Waals surface area contributed by atoms with Crippen LogP contribution in [0.5, 0.6) is 5.75 Å². The minimum absolute atomic E-state index is 0.00100. The van der Waals surface area contributed by atoms with E-state index in [1.807, 2.05) is 38.1 Å². The van der Waals surface area contributed by atoms with E-state index in [9.17, 15) is 9.59 Å². The number of benzene rings is 2. The summed E-state index contributed by atoms with van der Waals surface area (Å²) in [6.07, 6.45) is 0.0938. The van der Waals surface area contributed by atoms with Crippen LogP contribution >= 0.6 is 11.3 Å². The third kappa shape index (κ3) is 5.05. The summed E-state index contributed by atoms with van der Waals surface area (Å²) >= 11 is 1.40. The molecule has 1 N–H and O–H groups in total. The monoisotopic (exact) mass is 379 g/mol. The molecule has 4 nitrogen and oxygen atoms in total. The van der Waals surface area contributed by atoms with E-state index >= 15 is 0 Å². The van der Waals surface area contributed by atoms with Crippen LogP contribution in [0.2, 0.25) is 0 Å². The van der Waals surface area contributed by atoms with Gasteiger partial charge in [0.1, 0.15) is 5.75 Å². The van der Waals surface area contributed by atoms with Gasteiger partial charge in [0.2, 0.25) is 5.78 Å². The highest BCUT2D eigenvalue weighted by Crippen LogP contribution is 2.20. The van der Waals surface area contributed by atoms with Gasteiger partial charge in [0.05, 0.1) is 17.5 Å². The molecule has 0 bridgehead atoms. The van der Waals surface area contributed by atoms with Crippen LogP contribution in [0, 0.1) is 0 Å². The minimum Gasteiger partial charge on any atom is -0.491 e. The van der Waals surface area contributed by atoms with Gasteiger partial charge in [-0.1, -0.05) is 30.3 Å². The van der Waals surface area contributed by atoms with Crippen molar-refractivity contribution in [2.75, 3.05) is 0 Å². The third-order valence-corrected chi connectivity index (χ3v) is 4.92. The molecule has 0 aliphatic rings. The standard InChI is InChI=1S/C22H21NO3S/c1-15(2)26-18-10-8-17(9-11-18)22(25)23-14-19-12-13-20(27-19)21(24)16-6-4-3-5-7-16/h3-13,15H,14H2,1-2H3,(H,23,25). The van der Waals surface area contributed by atoms with Gasteiger partial charge in [-0.25, -0.2) is 0 Å². The van der Waals surface area contributed by atoms with Crippen LogP contribution in [-0.4, -0.2) is 17.8 Å². The van der Waals surface area contributed by atoms with Gasteiger partial charge in [-0.15, -0.1) is 11.3 Å². The number of rotatable bonds is 7. The van der Waals surface area contributed by atoms with E-state index < -0.39 is 0 Å². The number of ether oxygens (including phenoxy) is 1. The lowest BCUT2D eigenvalue weighted by Gasteiger charge is -2.10. The van der Waals surface area contributed by atoms with Crippen molar-refractivity contribution in [1.29, 1.82) is 0 Å². The molecule has 1 amide bonds. The maximum atomic E-state index is 12.4. The number of nitrogens with one attached hydrogen (secondary N) is 1. The summed E-state index contributed by atoms with van der Waals surface area (Å²) in [6.45, 7) is 4.30. The Morgan fingerprint density at radius 3 is 2.30 bits per heavy atom. The highest BCUT2D eigenvalue weighted by Gasteiger charge is 2.12. The summed E-state index contributed by atoms with van der Waals surface area (Å²) < 4.78 is 5.58. The van der Waals surface area contributed by atoms with Gasteiger partial charge in [-0.3, -0.25) is 9.59 Å². The zero-order valence-corrected chi connectivity index (χ0v) is 16.1.